The fourth-order valence-corrected chi connectivity index (χ4v) is 4.46. The number of carbonyl (C=O) groups is 2. The SMILES string of the molecule is CCCCCCCCCCCCOCCCNC(=O)c1cc(Cl)c2c(NC(C)=O)cccc2c1O. The summed E-state index contributed by atoms with van der Waals surface area (Å²) in [5, 5.41) is 17.4. The van der Waals surface area contributed by atoms with Gasteiger partial charge < -0.3 is 20.5 Å². The lowest BCUT2D eigenvalue weighted by Gasteiger charge is -2.13. The zero-order valence-corrected chi connectivity index (χ0v) is 22.0. The standard InChI is InChI=1S/C28H41ClN2O4/c1-3-4-5-6-7-8-9-10-11-12-18-35-19-14-17-30-28(34)23-20-24(29)26-22(27(23)33)15-13-16-25(26)31-21(2)32/h13,15-16,20,33H,3-12,14,17-19H2,1-2H3,(H,30,34)(H,31,32). The number of anilines is 1. The highest BCUT2D eigenvalue weighted by Crippen LogP contribution is 2.38. The Hall–Kier alpha value is -2.31. The molecule has 0 aliphatic rings. The van der Waals surface area contributed by atoms with E-state index in [4.69, 9.17) is 16.3 Å². The molecule has 7 heteroatoms. The monoisotopic (exact) mass is 504 g/mol. The highest BCUT2D eigenvalue weighted by molar-refractivity contribution is 6.38. The van der Waals surface area contributed by atoms with Gasteiger partial charge in [0.15, 0.2) is 0 Å². The fraction of sp³-hybridized carbons (Fsp3) is 0.571. The second kappa shape index (κ2) is 16.4. The third kappa shape index (κ3) is 10.1. The average molecular weight is 505 g/mol. The molecule has 0 atom stereocenters. The van der Waals surface area contributed by atoms with Gasteiger partial charge in [0, 0.05) is 37.5 Å². The molecule has 2 aromatic carbocycles. The van der Waals surface area contributed by atoms with Crippen LogP contribution in [0.15, 0.2) is 24.3 Å². The maximum absolute atomic E-state index is 12.6. The van der Waals surface area contributed by atoms with Gasteiger partial charge in [0.1, 0.15) is 5.75 Å². The number of amides is 2. The number of ether oxygens (including phenoxy) is 1. The van der Waals surface area contributed by atoms with Crippen molar-refractivity contribution in [2.45, 2.75) is 84.5 Å². The smallest absolute Gasteiger partial charge is 0.255 e. The van der Waals surface area contributed by atoms with E-state index >= 15 is 0 Å². The largest absolute Gasteiger partial charge is 0.506 e. The predicted octanol–water partition coefficient (Wildman–Crippen LogP) is 7.21. The highest BCUT2D eigenvalue weighted by atomic mass is 35.5. The lowest BCUT2D eigenvalue weighted by atomic mass is 10.0. The van der Waals surface area contributed by atoms with E-state index in [2.05, 4.69) is 17.6 Å². The summed E-state index contributed by atoms with van der Waals surface area (Å²) in [5.74, 6) is -0.803. The summed E-state index contributed by atoms with van der Waals surface area (Å²) in [7, 11) is 0. The maximum atomic E-state index is 12.6. The third-order valence-electron chi connectivity index (χ3n) is 6.03. The van der Waals surface area contributed by atoms with Crippen LogP contribution in [0.3, 0.4) is 0 Å². The number of halogens is 1. The zero-order valence-electron chi connectivity index (χ0n) is 21.3. The van der Waals surface area contributed by atoms with Crippen molar-refractivity contribution in [3.8, 4) is 5.75 Å². The van der Waals surface area contributed by atoms with E-state index in [9.17, 15) is 14.7 Å². The zero-order chi connectivity index (χ0) is 25.5. The van der Waals surface area contributed by atoms with Crippen molar-refractivity contribution >= 4 is 39.9 Å². The van der Waals surface area contributed by atoms with Crippen molar-refractivity contribution < 1.29 is 19.4 Å². The highest BCUT2D eigenvalue weighted by Gasteiger charge is 2.18. The van der Waals surface area contributed by atoms with E-state index in [0.717, 1.165) is 13.0 Å². The quantitative estimate of drug-likeness (QED) is 0.198. The Morgan fingerprint density at radius 1 is 0.943 bits per heavy atom. The average Bonchev–Trinajstić information content (AvgIpc) is 2.83. The summed E-state index contributed by atoms with van der Waals surface area (Å²) in [6, 6.07) is 6.49. The number of phenols is 1. The first kappa shape index (κ1) is 28.9. The summed E-state index contributed by atoms with van der Waals surface area (Å²) in [6.45, 7) is 5.43. The van der Waals surface area contributed by atoms with Crippen molar-refractivity contribution in [1.29, 1.82) is 0 Å². The van der Waals surface area contributed by atoms with Crippen LogP contribution in [0.2, 0.25) is 5.02 Å². The van der Waals surface area contributed by atoms with Crippen LogP contribution >= 0.6 is 11.6 Å². The molecule has 0 aromatic heterocycles. The van der Waals surface area contributed by atoms with Crippen LogP contribution in [-0.4, -0.2) is 36.7 Å². The van der Waals surface area contributed by atoms with Gasteiger partial charge in [-0.1, -0.05) is 88.4 Å². The molecule has 194 valence electrons. The number of aromatic hydroxyl groups is 1. The van der Waals surface area contributed by atoms with Crippen LogP contribution in [0.4, 0.5) is 5.69 Å². The van der Waals surface area contributed by atoms with Gasteiger partial charge in [-0.25, -0.2) is 0 Å². The van der Waals surface area contributed by atoms with Crippen LogP contribution < -0.4 is 10.6 Å². The van der Waals surface area contributed by atoms with Gasteiger partial charge in [0.2, 0.25) is 5.91 Å². The first-order chi connectivity index (χ1) is 17.0. The Bertz CT molecular complexity index is 948. The minimum atomic E-state index is -0.397. The Morgan fingerprint density at radius 3 is 2.23 bits per heavy atom. The number of phenolic OH excluding ortho intramolecular Hbond substituents is 1. The lowest BCUT2D eigenvalue weighted by Crippen LogP contribution is -2.25. The molecular formula is C28H41ClN2O4. The molecule has 0 fully saturated rings. The lowest BCUT2D eigenvalue weighted by molar-refractivity contribution is -0.114. The number of benzene rings is 2. The van der Waals surface area contributed by atoms with Crippen molar-refractivity contribution in [1.82, 2.24) is 5.32 Å². The molecule has 2 rings (SSSR count). The Morgan fingerprint density at radius 2 is 1.57 bits per heavy atom. The van der Waals surface area contributed by atoms with Crippen molar-refractivity contribution in [3.63, 3.8) is 0 Å². The second-order valence-corrected chi connectivity index (χ2v) is 9.47. The van der Waals surface area contributed by atoms with E-state index in [1.165, 1.54) is 70.8 Å². The van der Waals surface area contributed by atoms with Crippen LogP contribution in [0.25, 0.3) is 10.8 Å². The van der Waals surface area contributed by atoms with Gasteiger partial charge >= 0.3 is 0 Å². The molecule has 0 aliphatic carbocycles. The molecule has 0 unspecified atom stereocenters. The molecule has 2 amide bonds. The Kier molecular flexibility index (Phi) is 13.5. The maximum Gasteiger partial charge on any atom is 0.255 e. The second-order valence-electron chi connectivity index (χ2n) is 9.07. The van der Waals surface area contributed by atoms with Crippen LogP contribution in [0.5, 0.6) is 5.75 Å². The van der Waals surface area contributed by atoms with E-state index in [-0.39, 0.29) is 22.2 Å². The molecule has 0 bridgehead atoms. The summed E-state index contributed by atoms with van der Waals surface area (Å²) in [6.07, 6.45) is 13.7. The number of rotatable bonds is 17. The van der Waals surface area contributed by atoms with E-state index in [0.29, 0.717) is 36.0 Å². The molecule has 0 saturated carbocycles. The molecule has 0 heterocycles. The van der Waals surface area contributed by atoms with Crippen LogP contribution in [0, 0.1) is 0 Å². The van der Waals surface area contributed by atoms with Crippen molar-refractivity contribution in [2.75, 3.05) is 25.1 Å². The molecule has 35 heavy (non-hydrogen) atoms. The third-order valence-corrected chi connectivity index (χ3v) is 6.33. The number of hydrogen-bond donors (Lipinski definition) is 3. The van der Waals surface area contributed by atoms with Gasteiger partial charge in [-0.05, 0) is 25.0 Å². The first-order valence-electron chi connectivity index (χ1n) is 13.0. The minimum absolute atomic E-state index is 0.105. The number of unbranched alkanes of at least 4 members (excludes halogenated alkanes) is 9. The molecule has 3 N–H and O–H groups in total. The van der Waals surface area contributed by atoms with Crippen molar-refractivity contribution in [3.05, 3.63) is 34.9 Å². The van der Waals surface area contributed by atoms with Crippen molar-refractivity contribution in [2.24, 2.45) is 0 Å². The topological polar surface area (TPSA) is 87.7 Å². The summed E-state index contributed by atoms with van der Waals surface area (Å²) >= 11 is 6.40. The van der Waals surface area contributed by atoms with Gasteiger partial charge in [-0.3, -0.25) is 9.59 Å². The molecule has 0 radical (unpaired) electrons. The van der Waals surface area contributed by atoms with Gasteiger partial charge in [0.25, 0.3) is 5.91 Å². The minimum Gasteiger partial charge on any atom is -0.506 e. The van der Waals surface area contributed by atoms with Gasteiger partial charge in [-0.15, -0.1) is 0 Å². The van der Waals surface area contributed by atoms with Crippen LogP contribution in [-0.2, 0) is 9.53 Å². The molecule has 2 aromatic rings. The predicted molar refractivity (Wildman–Crippen MR) is 145 cm³/mol. The first-order valence-corrected chi connectivity index (χ1v) is 13.4. The normalized spacial score (nSPS) is 11.1. The van der Waals surface area contributed by atoms with Crippen LogP contribution in [0.1, 0.15) is 94.8 Å². The summed E-state index contributed by atoms with van der Waals surface area (Å²) in [4.78, 5) is 24.1. The summed E-state index contributed by atoms with van der Waals surface area (Å²) < 4.78 is 5.68. The molecular weight excluding hydrogens is 464 g/mol. The number of fused-ring (bicyclic) bond motifs is 1. The number of carbonyl (C=O) groups excluding carboxylic acids is 2. The van der Waals surface area contributed by atoms with E-state index in [1.807, 2.05) is 0 Å². The Balaban J connectivity index is 1.65. The molecule has 0 aliphatic heterocycles. The molecule has 0 saturated heterocycles. The van der Waals surface area contributed by atoms with Gasteiger partial charge in [0.05, 0.1) is 16.3 Å². The number of nitrogens with one attached hydrogen (secondary N) is 2. The van der Waals surface area contributed by atoms with Gasteiger partial charge in [-0.2, -0.15) is 0 Å². The Labute approximate surface area is 214 Å². The summed E-state index contributed by atoms with van der Waals surface area (Å²) in [5.41, 5.74) is 0.593. The molecule has 6 nitrogen and oxygen atoms in total. The number of hydrogen-bond acceptors (Lipinski definition) is 4. The fourth-order valence-electron chi connectivity index (χ4n) is 4.15. The van der Waals surface area contributed by atoms with E-state index < -0.39 is 5.91 Å². The molecule has 0 spiro atoms. The van der Waals surface area contributed by atoms with E-state index in [1.54, 1.807) is 18.2 Å².